The number of nitrogens with one attached hydrogen (secondary N) is 1. The molecule has 1 N–H and O–H groups in total. The van der Waals surface area contributed by atoms with Crippen LogP contribution in [0.3, 0.4) is 0 Å². The zero-order valence-corrected chi connectivity index (χ0v) is 10.8. The number of fused-ring (bicyclic) bond motifs is 1. The lowest BCUT2D eigenvalue weighted by molar-refractivity contribution is -0.123. The highest BCUT2D eigenvalue weighted by atomic mass is 35.5. The van der Waals surface area contributed by atoms with Gasteiger partial charge in [0, 0.05) is 23.6 Å². The molecule has 4 heteroatoms. The molecule has 1 amide bonds. The average molecular weight is 266 g/mol. The zero-order valence-electron chi connectivity index (χ0n) is 10.1. The summed E-state index contributed by atoms with van der Waals surface area (Å²) < 4.78 is 5.53. The van der Waals surface area contributed by atoms with Crippen LogP contribution in [0, 0.1) is 5.92 Å². The van der Waals surface area contributed by atoms with Gasteiger partial charge in [0.05, 0.1) is 12.5 Å². The molecule has 96 valence electrons. The van der Waals surface area contributed by atoms with Crippen LogP contribution in [0.5, 0.6) is 0 Å². The molecule has 1 saturated heterocycles. The molecule has 2 fully saturated rings. The highest BCUT2D eigenvalue weighted by molar-refractivity contribution is 6.30. The van der Waals surface area contributed by atoms with E-state index in [9.17, 15) is 4.79 Å². The van der Waals surface area contributed by atoms with Crippen LogP contribution in [-0.2, 0) is 16.0 Å². The number of benzene rings is 1. The molecule has 1 saturated carbocycles. The number of carbonyl (C=O) groups is 1. The van der Waals surface area contributed by atoms with Gasteiger partial charge in [-0.15, -0.1) is 0 Å². The number of rotatable bonds is 3. The Morgan fingerprint density at radius 3 is 2.89 bits per heavy atom. The fourth-order valence-electron chi connectivity index (χ4n) is 2.81. The normalized spacial score (nSPS) is 29.5. The highest BCUT2D eigenvalue weighted by Crippen LogP contribution is 2.38. The molecule has 3 rings (SSSR count). The number of amides is 1. The molecule has 3 nitrogen and oxygen atoms in total. The maximum absolute atomic E-state index is 11.9. The zero-order chi connectivity index (χ0) is 12.5. The Labute approximate surface area is 111 Å². The van der Waals surface area contributed by atoms with Crippen molar-refractivity contribution < 1.29 is 9.53 Å². The van der Waals surface area contributed by atoms with Gasteiger partial charge < -0.3 is 10.1 Å². The van der Waals surface area contributed by atoms with Crippen molar-refractivity contribution in [2.75, 3.05) is 6.61 Å². The lowest BCUT2D eigenvalue weighted by Gasteiger charge is -2.39. The topological polar surface area (TPSA) is 38.3 Å². The van der Waals surface area contributed by atoms with Crippen LogP contribution < -0.4 is 5.32 Å². The van der Waals surface area contributed by atoms with Crippen LogP contribution in [-0.4, -0.2) is 24.7 Å². The summed E-state index contributed by atoms with van der Waals surface area (Å²) >= 11 is 5.81. The van der Waals surface area contributed by atoms with Gasteiger partial charge in [-0.1, -0.05) is 23.7 Å². The Kier molecular flexibility index (Phi) is 3.27. The maximum atomic E-state index is 11.9. The molecule has 1 aromatic carbocycles. The Balaban J connectivity index is 1.51. The predicted octanol–water partition coefficient (Wildman–Crippen LogP) is 2.18. The first-order chi connectivity index (χ1) is 8.72. The van der Waals surface area contributed by atoms with E-state index in [0.29, 0.717) is 29.5 Å². The van der Waals surface area contributed by atoms with E-state index in [2.05, 4.69) is 5.32 Å². The molecule has 1 aliphatic carbocycles. The van der Waals surface area contributed by atoms with E-state index >= 15 is 0 Å². The van der Waals surface area contributed by atoms with Gasteiger partial charge in [0.25, 0.3) is 0 Å². The van der Waals surface area contributed by atoms with Crippen molar-refractivity contribution in [3.8, 4) is 0 Å². The van der Waals surface area contributed by atoms with E-state index in [0.717, 1.165) is 25.0 Å². The van der Waals surface area contributed by atoms with Gasteiger partial charge in [0.15, 0.2) is 0 Å². The van der Waals surface area contributed by atoms with Gasteiger partial charge in [-0.25, -0.2) is 0 Å². The molecule has 0 spiro atoms. The minimum atomic E-state index is 0.0904. The summed E-state index contributed by atoms with van der Waals surface area (Å²) in [7, 11) is 0. The summed E-state index contributed by atoms with van der Waals surface area (Å²) in [5.74, 6) is 0.631. The number of hydrogen-bond acceptors (Lipinski definition) is 2. The third-order valence-electron chi connectivity index (χ3n) is 3.89. The van der Waals surface area contributed by atoms with E-state index in [1.807, 2.05) is 24.3 Å². The Morgan fingerprint density at radius 2 is 2.17 bits per heavy atom. The fourth-order valence-corrected chi connectivity index (χ4v) is 2.93. The molecule has 0 radical (unpaired) electrons. The van der Waals surface area contributed by atoms with Crippen molar-refractivity contribution in [2.24, 2.45) is 5.92 Å². The van der Waals surface area contributed by atoms with Crippen LogP contribution >= 0.6 is 11.6 Å². The molecule has 18 heavy (non-hydrogen) atoms. The standard InChI is InChI=1S/C14H16ClNO2/c15-10-3-1-9(2-4-10)7-14(17)16-12-8-13-11(12)5-6-18-13/h1-4,11-13H,5-8H2,(H,16,17)/t11-,12+,13+/m0/s1. The molecule has 1 aliphatic heterocycles. The fraction of sp³-hybridized carbons (Fsp3) is 0.500. The predicted molar refractivity (Wildman–Crippen MR) is 69.6 cm³/mol. The van der Waals surface area contributed by atoms with E-state index in [4.69, 9.17) is 16.3 Å². The number of ether oxygens (including phenoxy) is 1. The summed E-state index contributed by atoms with van der Waals surface area (Å²) in [6, 6.07) is 7.73. The largest absolute Gasteiger partial charge is 0.378 e. The quantitative estimate of drug-likeness (QED) is 0.910. The lowest BCUT2D eigenvalue weighted by Crippen LogP contribution is -2.53. The summed E-state index contributed by atoms with van der Waals surface area (Å²) in [4.78, 5) is 11.9. The van der Waals surface area contributed by atoms with E-state index < -0.39 is 0 Å². The summed E-state index contributed by atoms with van der Waals surface area (Å²) in [6.45, 7) is 0.846. The number of carbonyl (C=O) groups excluding carboxylic acids is 1. The first kappa shape index (κ1) is 12.0. The summed E-state index contributed by atoms with van der Waals surface area (Å²) in [5, 5.41) is 3.80. The van der Waals surface area contributed by atoms with Crippen LogP contribution in [0.1, 0.15) is 18.4 Å². The molecule has 1 heterocycles. The van der Waals surface area contributed by atoms with Crippen molar-refractivity contribution in [2.45, 2.75) is 31.4 Å². The van der Waals surface area contributed by atoms with Crippen LogP contribution in [0.25, 0.3) is 0 Å². The molecular formula is C14H16ClNO2. The van der Waals surface area contributed by atoms with Gasteiger partial charge >= 0.3 is 0 Å². The monoisotopic (exact) mass is 265 g/mol. The second-order valence-corrected chi connectivity index (χ2v) is 5.51. The highest BCUT2D eigenvalue weighted by Gasteiger charge is 2.45. The second kappa shape index (κ2) is 4.90. The Bertz CT molecular complexity index is 446. The van der Waals surface area contributed by atoms with Gasteiger partial charge in [0.1, 0.15) is 0 Å². The third-order valence-corrected chi connectivity index (χ3v) is 4.14. The van der Waals surface area contributed by atoms with Crippen LogP contribution in [0.4, 0.5) is 0 Å². The minimum Gasteiger partial charge on any atom is -0.378 e. The first-order valence-electron chi connectivity index (χ1n) is 6.38. The summed E-state index contributed by atoms with van der Waals surface area (Å²) in [5.41, 5.74) is 0.996. The van der Waals surface area contributed by atoms with Gasteiger partial charge in [-0.3, -0.25) is 4.79 Å². The first-order valence-corrected chi connectivity index (χ1v) is 6.75. The average Bonchev–Trinajstić information content (AvgIpc) is 2.71. The van der Waals surface area contributed by atoms with Gasteiger partial charge in [0.2, 0.25) is 5.91 Å². The smallest absolute Gasteiger partial charge is 0.224 e. The minimum absolute atomic E-state index is 0.0904. The van der Waals surface area contributed by atoms with Crippen molar-refractivity contribution in [3.05, 3.63) is 34.9 Å². The lowest BCUT2D eigenvalue weighted by atomic mass is 9.76. The van der Waals surface area contributed by atoms with Crippen LogP contribution in [0.2, 0.25) is 5.02 Å². The van der Waals surface area contributed by atoms with Crippen LogP contribution in [0.15, 0.2) is 24.3 Å². The van der Waals surface area contributed by atoms with Crippen molar-refractivity contribution in [3.63, 3.8) is 0 Å². The molecule has 2 aliphatic rings. The molecule has 0 bridgehead atoms. The van der Waals surface area contributed by atoms with E-state index in [1.165, 1.54) is 0 Å². The molecule has 0 unspecified atom stereocenters. The van der Waals surface area contributed by atoms with Crippen molar-refractivity contribution in [1.82, 2.24) is 5.32 Å². The second-order valence-electron chi connectivity index (χ2n) is 5.07. The number of halogens is 1. The number of hydrogen-bond donors (Lipinski definition) is 1. The Hall–Kier alpha value is -1.06. The van der Waals surface area contributed by atoms with E-state index in [-0.39, 0.29) is 5.91 Å². The SMILES string of the molecule is O=C(Cc1ccc(Cl)cc1)N[C@@H]1C[C@H]2OCC[C@@H]12. The van der Waals surface area contributed by atoms with Gasteiger partial charge in [-0.2, -0.15) is 0 Å². The third kappa shape index (κ3) is 2.38. The van der Waals surface area contributed by atoms with Gasteiger partial charge in [-0.05, 0) is 30.5 Å². The molecule has 3 atom stereocenters. The maximum Gasteiger partial charge on any atom is 0.224 e. The molecule has 1 aromatic rings. The molecule has 0 aromatic heterocycles. The van der Waals surface area contributed by atoms with E-state index in [1.54, 1.807) is 0 Å². The van der Waals surface area contributed by atoms with Crippen molar-refractivity contribution >= 4 is 17.5 Å². The molecular weight excluding hydrogens is 250 g/mol. The summed E-state index contributed by atoms with van der Waals surface area (Å²) in [6.07, 6.45) is 2.87. The Morgan fingerprint density at radius 1 is 1.39 bits per heavy atom. The van der Waals surface area contributed by atoms with Crippen molar-refractivity contribution in [1.29, 1.82) is 0 Å².